The minimum absolute atomic E-state index is 0.213. The summed E-state index contributed by atoms with van der Waals surface area (Å²) in [6.07, 6.45) is 0. The molecule has 0 spiro atoms. The molecular weight excluding hydrogens is 199 g/mol. The van der Waals surface area contributed by atoms with E-state index in [1.54, 1.807) is 0 Å². The van der Waals surface area contributed by atoms with Crippen molar-refractivity contribution in [2.24, 2.45) is 0 Å². The fourth-order valence-corrected chi connectivity index (χ4v) is 1.22. The molecule has 2 N–H and O–H groups in total. The molecule has 0 saturated heterocycles. The molecular formula is C10H7FN2O2. The van der Waals surface area contributed by atoms with E-state index in [0.717, 1.165) is 6.07 Å². The highest BCUT2D eigenvalue weighted by Gasteiger charge is 2.06. The van der Waals surface area contributed by atoms with E-state index in [0.29, 0.717) is 11.3 Å². The molecule has 0 fully saturated rings. The number of benzene rings is 1. The summed E-state index contributed by atoms with van der Waals surface area (Å²) in [5.41, 5.74) is 0.417. The molecule has 0 amide bonds. The zero-order valence-corrected chi connectivity index (χ0v) is 7.57. The summed E-state index contributed by atoms with van der Waals surface area (Å²) in [7, 11) is 0. The van der Waals surface area contributed by atoms with Gasteiger partial charge in [-0.1, -0.05) is 0 Å². The molecule has 0 radical (unpaired) electrons. The average molecular weight is 206 g/mol. The molecule has 0 aliphatic heterocycles. The number of aromatic nitrogens is 2. The molecule has 0 saturated carbocycles. The largest absolute Gasteiger partial charge is 0.507 e. The van der Waals surface area contributed by atoms with E-state index in [1.807, 2.05) is 0 Å². The molecule has 15 heavy (non-hydrogen) atoms. The van der Waals surface area contributed by atoms with Crippen LogP contribution >= 0.6 is 0 Å². The Hall–Kier alpha value is -2.17. The average Bonchev–Trinajstić information content (AvgIpc) is 2.20. The van der Waals surface area contributed by atoms with Gasteiger partial charge in [-0.15, -0.1) is 0 Å². The van der Waals surface area contributed by atoms with Crippen LogP contribution in [0.5, 0.6) is 5.75 Å². The fourth-order valence-electron chi connectivity index (χ4n) is 1.22. The normalized spacial score (nSPS) is 10.2. The quantitative estimate of drug-likeness (QED) is 0.738. The predicted octanol–water partition coefficient (Wildman–Crippen LogP) is 1.28. The number of nitrogens with zero attached hydrogens (tertiary/aromatic N) is 1. The summed E-state index contributed by atoms with van der Waals surface area (Å²) < 4.78 is 12.7. The third-order valence-electron chi connectivity index (χ3n) is 1.91. The number of hydrogen-bond donors (Lipinski definition) is 2. The standard InChI is InChI=1S/C10H7FN2O2/c11-6-1-2-7(9(14)5-6)8-3-4-10(15)13-12-8/h1-5,14H,(H,13,15). The van der Waals surface area contributed by atoms with Gasteiger partial charge in [0.15, 0.2) is 0 Å². The summed E-state index contributed by atoms with van der Waals surface area (Å²) in [4.78, 5) is 10.8. The lowest BCUT2D eigenvalue weighted by Crippen LogP contribution is -2.05. The van der Waals surface area contributed by atoms with Crippen LogP contribution in [0.1, 0.15) is 0 Å². The maximum absolute atomic E-state index is 12.7. The van der Waals surface area contributed by atoms with Crippen molar-refractivity contribution in [1.82, 2.24) is 10.2 Å². The van der Waals surface area contributed by atoms with Gasteiger partial charge in [-0.25, -0.2) is 9.49 Å². The molecule has 1 aromatic heterocycles. The first kappa shape index (κ1) is 9.39. The summed E-state index contributed by atoms with van der Waals surface area (Å²) in [6.45, 7) is 0. The van der Waals surface area contributed by atoms with Gasteiger partial charge < -0.3 is 5.11 Å². The van der Waals surface area contributed by atoms with Gasteiger partial charge in [0, 0.05) is 17.7 Å². The van der Waals surface area contributed by atoms with Crippen molar-refractivity contribution < 1.29 is 9.50 Å². The Bertz CT molecular complexity index is 531. The minimum Gasteiger partial charge on any atom is -0.507 e. The Balaban J connectivity index is 2.54. The number of halogens is 1. The van der Waals surface area contributed by atoms with E-state index < -0.39 is 5.82 Å². The van der Waals surface area contributed by atoms with Gasteiger partial charge >= 0.3 is 0 Å². The zero-order valence-electron chi connectivity index (χ0n) is 7.57. The first-order valence-corrected chi connectivity index (χ1v) is 4.21. The molecule has 0 aliphatic carbocycles. The van der Waals surface area contributed by atoms with Crippen molar-refractivity contribution in [3.8, 4) is 17.0 Å². The first-order valence-electron chi connectivity index (χ1n) is 4.21. The number of phenols is 1. The Morgan fingerprint density at radius 1 is 1.27 bits per heavy atom. The lowest BCUT2D eigenvalue weighted by Gasteiger charge is -2.02. The van der Waals surface area contributed by atoms with Gasteiger partial charge in [-0.3, -0.25) is 4.79 Å². The van der Waals surface area contributed by atoms with Gasteiger partial charge in [0.2, 0.25) is 0 Å². The molecule has 2 rings (SSSR count). The number of H-pyrrole nitrogens is 1. The highest BCUT2D eigenvalue weighted by atomic mass is 19.1. The maximum atomic E-state index is 12.7. The van der Waals surface area contributed by atoms with Crippen LogP contribution < -0.4 is 5.56 Å². The molecule has 0 bridgehead atoms. The van der Waals surface area contributed by atoms with Crippen molar-refractivity contribution in [1.29, 1.82) is 0 Å². The zero-order chi connectivity index (χ0) is 10.8. The maximum Gasteiger partial charge on any atom is 0.264 e. The first-order chi connectivity index (χ1) is 7.16. The van der Waals surface area contributed by atoms with Crippen LogP contribution in [-0.4, -0.2) is 15.3 Å². The second-order valence-electron chi connectivity index (χ2n) is 2.97. The Kier molecular flexibility index (Phi) is 2.21. The van der Waals surface area contributed by atoms with Crippen LogP contribution in [0.4, 0.5) is 4.39 Å². The van der Waals surface area contributed by atoms with E-state index in [4.69, 9.17) is 0 Å². The second kappa shape index (κ2) is 3.53. The van der Waals surface area contributed by atoms with Crippen molar-refractivity contribution in [3.05, 3.63) is 46.5 Å². The lowest BCUT2D eigenvalue weighted by atomic mass is 10.1. The van der Waals surface area contributed by atoms with Crippen molar-refractivity contribution in [2.45, 2.75) is 0 Å². The van der Waals surface area contributed by atoms with Gasteiger partial charge in [0.05, 0.1) is 5.69 Å². The van der Waals surface area contributed by atoms with Crippen LogP contribution in [0.3, 0.4) is 0 Å². The van der Waals surface area contributed by atoms with Crippen LogP contribution in [0.2, 0.25) is 0 Å². The molecule has 4 nitrogen and oxygen atoms in total. The number of aromatic amines is 1. The monoisotopic (exact) mass is 206 g/mol. The molecule has 0 atom stereocenters. The van der Waals surface area contributed by atoms with Gasteiger partial charge in [-0.05, 0) is 18.2 Å². The highest BCUT2D eigenvalue weighted by Crippen LogP contribution is 2.26. The number of aromatic hydroxyl groups is 1. The Labute approximate surface area is 84.0 Å². The number of hydrogen-bond acceptors (Lipinski definition) is 3. The lowest BCUT2D eigenvalue weighted by molar-refractivity contribution is 0.471. The predicted molar refractivity (Wildman–Crippen MR) is 51.9 cm³/mol. The van der Waals surface area contributed by atoms with Gasteiger partial charge in [0.25, 0.3) is 5.56 Å². The van der Waals surface area contributed by atoms with Crippen molar-refractivity contribution in [2.75, 3.05) is 0 Å². The number of nitrogens with one attached hydrogen (secondary N) is 1. The van der Waals surface area contributed by atoms with Crippen LogP contribution in [0, 0.1) is 5.82 Å². The smallest absolute Gasteiger partial charge is 0.264 e. The fraction of sp³-hybridized carbons (Fsp3) is 0. The van der Waals surface area contributed by atoms with E-state index in [2.05, 4.69) is 10.2 Å². The molecule has 76 valence electrons. The van der Waals surface area contributed by atoms with Gasteiger partial charge in [0.1, 0.15) is 11.6 Å². The van der Waals surface area contributed by atoms with Crippen LogP contribution in [0.15, 0.2) is 35.1 Å². The number of phenolic OH excluding ortho intramolecular Hbond substituents is 1. The number of rotatable bonds is 1. The second-order valence-corrected chi connectivity index (χ2v) is 2.97. The van der Waals surface area contributed by atoms with Crippen LogP contribution in [0.25, 0.3) is 11.3 Å². The van der Waals surface area contributed by atoms with E-state index in [1.165, 1.54) is 24.3 Å². The SMILES string of the molecule is O=c1ccc(-c2ccc(F)cc2O)n[nH]1. The molecule has 0 aliphatic rings. The minimum atomic E-state index is -0.527. The third-order valence-corrected chi connectivity index (χ3v) is 1.91. The van der Waals surface area contributed by atoms with E-state index >= 15 is 0 Å². The van der Waals surface area contributed by atoms with Crippen molar-refractivity contribution in [3.63, 3.8) is 0 Å². The van der Waals surface area contributed by atoms with E-state index in [9.17, 15) is 14.3 Å². The summed E-state index contributed by atoms with van der Waals surface area (Å²) in [6, 6.07) is 6.33. The summed E-state index contributed by atoms with van der Waals surface area (Å²) >= 11 is 0. The van der Waals surface area contributed by atoms with Gasteiger partial charge in [-0.2, -0.15) is 5.10 Å². The molecule has 1 aromatic carbocycles. The van der Waals surface area contributed by atoms with Crippen molar-refractivity contribution >= 4 is 0 Å². The highest BCUT2D eigenvalue weighted by molar-refractivity contribution is 5.65. The Morgan fingerprint density at radius 3 is 2.67 bits per heavy atom. The van der Waals surface area contributed by atoms with E-state index in [-0.39, 0.29) is 11.3 Å². The molecule has 5 heteroatoms. The Morgan fingerprint density at radius 2 is 2.07 bits per heavy atom. The van der Waals surface area contributed by atoms with Crippen LogP contribution in [-0.2, 0) is 0 Å². The summed E-state index contributed by atoms with van der Waals surface area (Å²) in [5, 5.41) is 15.4. The third kappa shape index (κ3) is 1.85. The summed E-state index contributed by atoms with van der Waals surface area (Å²) in [5.74, 6) is -0.741. The molecule has 0 unspecified atom stereocenters. The molecule has 1 heterocycles. The molecule has 2 aromatic rings. The topological polar surface area (TPSA) is 66.0 Å².